The number of hydrogen-bond donors (Lipinski definition) is 2. The summed E-state index contributed by atoms with van der Waals surface area (Å²) in [6.07, 6.45) is 3.48. The van der Waals surface area contributed by atoms with Gasteiger partial charge in [0.1, 0.15) is 17.4 Å². The van der Waals surface area contributed by atoms with Crippen molar-refractivity contribution in [2.75, 3.05) is 25.0 Å². The average Bonchev–Trinajstić information content (AvgIpc) is 2.90. The molecule has 1 aliphatic heterocycles. The van der Waals surface area contributed by atoms with Crippen molar-refractivity contribution < 1.29 is 32.9 Å². The molecular formula is C26H27ClF2N6O5. The number of nitrogens with one attached hydrogen (secondary N) is 1. The third-order valence-corrected chi connectivity index (χ3v) is 6.87. The van der Waals surface area contributed by atoms with E-state index in [0.717, 1.165) is 18.3 Å². The number of carbonyl (C=O) groups excluding carboxylic acids is 2. The predicted molar refractivity (Wildman–Crippen MR) is 140 cm³/mol. The van der Waals surface area contributed by atoms with E-state index in [9.17, 15) is 28.7 Å². The largest absolute Gasteiger partial charge is 0.618 e. The number of pyridine rings is 1. The molecule has 0 saturated carbocycles. The maximum atomic E-state index is 13.8. The molecule has 2 N–H and O–H groups in total. The molecule has 0 unspecified atom stereocenters. The first-order chi connectivity index (χ1) is 18.9. The van der Waals surface area contributed by atoms with Gasteiger partial charge in [0.05, 0.1) is 29.5 Å². The second kappa shape index (κ2) is 11.7. The minimum absolute atomic E-state index is 0.000186. The van der Waals surface area contributed by atoms with Crippen LogP contribution in [-0.4, -0.2) is 67.9 Å². The summed E-state index contributed by atoms with van der Waals surface area (Å²) in [4.78, 5) is 37.9. The minimum Gasteiger partial charge on any atom is -0.618 e. The minimum atomic E-state index is -0.893. The molecule has 11 nitrogen and oxygen atoms in total. The van der Waals surface area contributed by atoms with E-state index in [1.54, 1.807) is 11.8 Å². The average molecular weight is 577 g/mol. The number of benzene rings is 1. The number of amides is 2. The van der Waals surface area contributed by atoms with Crippen molar-refractivity contribution >= 4 is 29.2 Å². The number of halogens is 3. The molecule has 0 radical (unpaired) electrons. The van der Waals surface area contributed by atoms with Gasteiger partial charge in [-0.3, -0.25) is 14.5 Å². The van der Waals surface area contributed by atoms with E-state index in [1.165, 1.54) is 18.5 Å². The number of nitrogens with zero attached hydrogens (tertiary/aromatic N) is 5. The Kier molecular flexibility index (Phi) is 8.47. The Bertz CT molecular complexity index is 1430. The fourth-order valence-electron chi connectivity index (χ4n) is 4.38. The Morgan fingerprint density at radius 3 is 2.62 bits per heavy atom. The highest BCUT2D eigenvalue weighted by atomic mass is 35.5. The van der Waals surface area contributed by atoms with Gasteiger partial charge >= 0.3 is 0 Å². The molecule has 1 aromatic carbocycles. The fraction of sp³-hybridized carbons (Fsp3) is 0.346. The number of aromatic nitrogens is 3. The molecule has 0 spiro atoms. The molecule has 1 atom stereocenters. The fourth-order valence-corrected chi connectivity index (χ4v) is 4.60. The van der Waals surface area contributed by atoms with Crippen LogP contribution in [0, 0.1) is 16.8 Å². The summed E-state index contributed by atoms with van der Waals surface area (Å²) in [5.41, 5.74) is -0.595. The predicted octanol–water partition coefficient (Wildman–Crippen LogP) is 2.89. The number of anilines is 1. The summed E-state index contributed by atoms with van der Waals surface area (Å²) in [7, 11) is 0. The summed E-state index contributed by atoms with van der Waals surface area (Å²) in [5, 5.41) is 23.9. The van der Waals surface area contributed by atoms with Crippen LogP contribution in [0.5, 0.6) is 11.6 Å². The molecule has 2 aromatic heterocycles. The highest BCUT2D eigenvalue weighted by molar-refractivity contribution is 6.33. The van der Waals surface area contributed by atoms with Crippen LogP contribution < -0.4 is 14.8 Å². The van der Waals surface area contributed by atoms with E-state index in [-0.39, 0.29) is 52.1 Å². The number of carbonyl (C=O) groups is 2. The Hall–Kier alpha value is -3.94. The monoisotopic (exact) mass is 576 g/mol. The summed E-state index contributed by atoms with van der Waals surface area (Å²) in [5.74, 6) is -2.51. The van der Waals surface area contributed by atoms with Gasteiger partial charge in [0.2, 0.25) is 17.5 Å². The number of aliphatic hydroxyl groups is 1. The summed E-state index contributed by atoms with van der Waals surface area (Å²) in [6.45, 7) is 5.91. The number of ether oxygens (including phenoxy) is 1. The molecule has 2 amide bonds. The highest BCUT2D eigenvalue weighted by Crippen LogP contribution is 2.28. The zero-order valence-corrected chi connectivity index (χ0v) is 22.7. The number of piperazine rings is 1. The lowest BCUT2D eigenvalue weighted by Gasteiger charge is -2.48. The highest BCUT2D eigenvalue weighted by Gasteiger charge is 2.40. The van der Waals surface area contributed by atoms with Gasteiger partial charge in [-0.1, -0.05) is 11.6 Å². The molecule has 3 aromatic rings. The normalized spacial score (nSPS) is 15.9. The Morgan fingerprint density at radius 2 is 2.00 bits per heavy atom. The molecule has 1 saturated heterocycles. The van der Waals surface area contributed by atoms with Gasteiger partial charge in [-0.15, -0.1) is 0 Å². The molecule has 0 bridgehead atoms. The third-order valence-electron chi connectivity index (χ3n) is 6.57. The van der Waals surface area contributed by atoms with E-state index in [1.807, 2.05) is 18.7 Å². The Morgan fingerprint density at radius 1 is 1.25 bits per heavy atom. The topological polar surface area (TPSA) is 135 Å². The quantitative estimate of drug-likeness (QED) is 0.324. The lowest BCUT2D eigenvalue weighted by Crippen LogP contribution is -2.63. The van der Waals surface area contributed by atoms with Gasteiger partial charge in [0.25, 0.3) is 5.91 Å². The van der Waals surface area contributed by atoms with Crippen molar-refractivity contribution in [3.8, 4) is 11.6 Å². The number of hydrogen-bond acceptors (Lipinski definition) is 8. The van der Waals surface area contributed by atoms with Gasteiger partial charge in [0, 0.05) is 31.8 Å². The second-order valence-corrected chi connectivity index (χ2v) is 10.2. The van der Waals surface area contributed by atoms with Crippen molar-refractivity contribution in [1.29, 1.82) is 0 Å². The van der Waals surface area contributed by atoms with E-state index in [2.05, 4.69) is 15.3 Å². The van der Waals surface area contributed by atoms with Gasteiger partial charge in [-0.05, 0) is 32.9 Å². The van der Waals surface area contributed by atoms with E-state index < -0.39 is 29.8 Å². The molecule has 4 rings (SSSR count). The van der Waals surface area contributed by atoms with Crippen LogP contribution in [0.2, 0.25) is 5.02 Å². The van der Waals surface area contributed by atoms with Crippen LogP contribution in [0.25, 0.3) is 0 Å². The van der Waals surface area contributed by atoms with Crippen LogP contribution >= 0.6 is 11.6 Å². The smallest absolute Gasteiger partial charge is 0.256 e. The molecule has 1 fully saturated rings. The zero-order chi connectivity index (χ0) is 29.2. The van der Waals surface area contributed by atoms with E-state index in [4.69, 9.17) is 16.3 Å². The summed E-state index contributed by atoms with van der Waals surface area (Å²) < 4.78 is 32.6. The lowest BCUT2D eigenvalue weighted by molar-refractivity contribution is -0.616. The van der Waals surface area contributed by atoms with Crippen LogP contribution in [0.15, 0.2) is 42.9 Å². The zero-order valence-electron chi connectivity index (χ0n) is 21.9. The Balaban J connectivity index is 1.38. The van der Waals surface area contributed by atoms with Crippen LogP contribution in [0.3, 0.4) is 0 Å². The van der Waals surface area contributed by atoms with Crippen molar-refractivity contribution in [2.24, 2.45) is 0 Å². The van der Waals surface area contributed by atoms with Crippen molar-refractivity contribution in [3.63, 3.8) is 0 Å². The maximum absolute atomic E-state index is 13.8. The van der Waals surface area contributed by atoms with E-state index in [0.29, 0.717) is 23.9 Å². The van der Waals surface area contributed by atoms with Gasteiger partial charge in [-0.25, -0.2) is 18.7 Å². The standard InChI is InChI=1S/C26H27ClF2N6O5/c1-15(24(37)32-22-10-31-23(11-30-22)40-21-5-4-16(28)8-20(21)29)33-6-7-34(26(2,3)14-33)25(38)18-9-17(13-36)35(39)12-19(18)27/h4-5,8-12,15,36H,6-7,13-14H2,1-3H3,(H,30,32,37)/t15-/m0/s1. The van der Waals surface area contributed by atoms with Gasteiger partial charge < -0.3 is 25.3 Å². The number of aliphatic hydroxyl groups excluding tert-OH is 1. The van der Waals surface area contributed by atoms with Crippen molar-refractivity contribution in [3.05, 3.63) is 76.0 Å². The first kappa shape index (κ1) is 29.1. The van der Waals surface area contributed by atoms with Crippen LogP contribution in [0.4, 0.5) is 14.6 Å². The first-order valence-electron chi connectivity index (χ1n) is 12.2. The SMILES string of the molecule is C[C@@H](C(=O)Nc1cnc(Oc2ccc(F)cc2F)cn1)N1CCN(C(=O)c2cc(CO)[n+]([O-])cc2Cl)C(C)(C)C1. The molecular weight excluding hydrogens is 550 g/mol. The molecule has 212 valence electrons. The summed E-state index contributed by atoms with van der Waals surface area (Å²) in [6, 6.07) is 3.54. The Labute approximate surface area is 233 Å². The maximum Gasteiger partial charge on any atom is 0.256 e. The van der Waals surface area contributed by atoms with Crippen LogP contribution in [0.1, 0.15) is 36.8 Å². The van der Waals surface area contributed by atoms with E-state index >= 15 is 0 Å². The number of rotatable bonds is 7. The molecule has 1 aliphatic rings. The van der Waals surface area contributed by atoms with Crippen molar-refractivity contribution in [2.45, 2.75) is 39.0 Å². The first-order valence-corrected chi connectivity index (χ1v) is 12.6. The van der Waals surface area contributed by atoms with Crippen molar-refractivity contribution in [1.82, 2.24) is 19.8 Å². The van der Waals surface area contributed by atoms with Gasteiger partial charge in [0.15, 0.2) is 23.6 Å². The third kappa shape index (κ3) is 6.27. The van der Waals surface area contributed by atoms with Gasteiger partial charge in [-0.2, -0.15) is 4.73 Å². The molecule has 14 heteroatoms. The molecule has 3 heterocycles. The second-order valence-electron chi connectivity index (χ2n) is 9.83. The van der Waals surface area contributed by atoms with Crippen LogP contribution in [-0.2, 0) is 11.4 Å². The summed E-state index contributed by atoms with van der Waals surface area (Å²) >= 11 is 6.16. The lowest BCUT2D eigenvalue weighted by atomic mass is 9.96. The molecule has 40 heavy (non-hydrogen) atoms. The molecule has 0 aliphatic carbocycles.